The molecule has 1 aliphatic rings. The van der Waals surface area contributed by atoms with Gasteiger partial charge < -0.3 is 4.90 Å². The summed E-state index contributed by atoms with van der Waals surface area (Å²) in [4.78, 5) is 9.50. The van der Waals surface area contributed by atoms with Crippen molar-refractivity contribution in [2.45, 2.75) is 45.7 Å². The number of tetrazole rings is 1. The third-order valence-corrected chi connectivity index (χ3v) is 6.34. The van der Waals surface area contributed by atoms with Gasteiger partial charge in [0.2, 0.25) is 0 Å². The van der Waals surface area contributed by atoms with Crippen molar-refractivity contribution >= 4 is 10.9 Å². The van der Waals surface area contributed by atoms with E-state index in [0.29, 0.717) is 0 Å². The molecule has 3 heterocycles. The van der Waals surface area contributed by atoms with Gasteiger partial charge in [-0.3, -0.25) is 9.88 Å². The van der Waals surface area contributed by atoms with Crippen LogP contribution in [0.5, 0.6) is 0 Å². The molecular weight excluding hydrogens is 362 g/mol. The van der Waals surface area contributed by atoms with Crippen molar-refractivity contribution in [2.75, 3.05) is 32.7 Å². The summed E-state index contributed by atoms with van der Waals surface area (Å²) in [6, 6.07) is 10.7. The first kappa shape index (κ1) is 19.9. The molecule has 4 rings (SSSR count). The normalized spacial score (nSPS) is 17.7. The summed E-state index contributed by atoms with van der Waals surface area (Å²) in [5.74, 6) is 0.921. The number of aromatic nitrogens is 5. The van der Waals surface area contributed by atoms with E-state index in [1.165, 1.54) is 5.56 Å². The maximum atomic E-state index is 4.53. The van der Waals surface area contributed by atoms with E-state index in [2.05, 4.69) is 82.3 Å². The van der Waals surface area contributed by atoms with Gasteiger partial charge in [0.05, 0.1) is 17.1 Å². The molecule has 0 N–H and O–H groups in total. The van der Waals surface area contributed by atoms with Crippen LogP contribution < -0.4 is 0 Å². The SMILES string of the molecule is CCN1CCN(C(c2ccc3ncccc3c2)c2nnnn2C(C)(C)CC)CC1. The summed E-state index contributed by atoms with van der Waals surface area (Å²) >= 11 is 0. The van der Waals surface area contributed by atoms with Crippen molar-refractivity contribution < 1.29 is 0 Å². The average Bonchev–Trinajstić information content (AvgIpc) is 3.25. The summed E-state index contributed by atoms with van der Waals surface area (Å²) in [5.41, 5.74) is 2.10. The highest BCUT2D eigenvalue weighted by atomic mass is 15.6. The van der Waals surface area contributed by atoms with Crippen LogP contribution in [0.1, 0.15) is 51.5 Å². The molecule has 0 radical (unpaired) electrons. The Morgan fingerprint density at radius 1 is 1.07 bits per heavy atom. The van der Waals surface area contributed by atoms with Crippen molar-refractivity contribution in [2.24, 2.45) is 0 Å². The lowest BCUT2D eigenvalue weighted by Gasteiger charge is -2.39. The minimum Gasteiger partial charge on any atom is -0.301 e. The van der Waals surface area contributed by atoms with E-state index in [0.717, 1.165) is 55.9 Å². The van der Waals surface area contributed by atoms with Crippen LogP contribution in [0.2, 0.25) is 0 Å². The van der Waals surface area contributed by atoms with E-state index in [9.17, 15) is 0 Å². The van der Waals surface area contributed by atoms with Crippen LogP contribution in [0.3, 0.4) is 0 Å². The van der Waals surface area contributed by atoms with E-state index < -0.39 is 0 Å². The van der Waals surface area contributed by atoms with Crippen molar-refractivity contribution in [1.29, 1.82) is 0 Å². The number of rotatable bonds is 6. The molecule has 0 saturated carbocycles. The summed E-state index contributed by atoms with van der Waals surface area (Å²) in [5, 5.41) is 14.2. The Bertz CT molecular complexity index is 956. The smallest absolute Gasteiger partial charge is 0.173 e. The molecule has 154 valence electrons. The zero-order valence-corrected chi connectivity index (χ0v) is 17.9. The number of likely N-dealkylation sites (N-methyl/N-ethyl adjacent to an activating group) is 1. The van der Waals surface area contributed by atoms with Gasteiger partial charge in [0.25, 0.3) is 0 Å². The van der Waals surface area contributed by atoms with Gasteiger partial charge in [-0.25, -0.2) is 4.68 Å². The maximum absolute atomic E-state index is 4.53. The van der Waals surface area contributed by atoms with Crippen LogP contribution in [-0.2, 0) is 5.54 Å². The molecule has 1 saturated heterocycles. The third-order valence-electron chi connectivity index (χ3n) is 6.34. The van der Waals surface area contributed by atoms with Crippen molar-refractivity contribution in [3.8, 4) is 0 Å². The van der Waals surface area contributed by atoms with Gasteiger partial charge >= 0.3 is 0 Å². The maximum Gasteiger partial charge on any atom is 0.173 e. The second-order valence-electron chi connectivity index (χ2n) is 8.44. The molecule has 29 heavy (non-hydrogen) atoms. The Morgan fingerprint density at radius 2 is 1.86 bits per heavy atom. The largest absolute Gasteiger partial charge is 0.301 e. The molecule has 1 atom stereocenters. The molecule has 1 fully saturated rings. The fraction of sp³-hybridized carbons (Fsp3) is 0.545. The number of hydrogen-bond acceptors (Lipinski definition) is 6. The van der Waals surface area contributed by atoms with E-state index in [-0.39, 0.29) is 11.6 Å². The number of piperazine rings is 1. The molecule has 0 amide bonds. The lowest BCUT2D eigenvalue weighted by atomic mass is 9.98. The van der Waals surface area contributed by atoms with Crippen LogP contribution >= 0.6 is 0 Å². The zero-order valence-electron chi connectivity index (χ0n) is 17.9. The fourth-order valence-electron chi connectivity index (χ4n) is 4.07. The predicted octanol–water partition coefficient (Wildman–Crippen LogP) is 3.09. The van der Waals surface area contributed by atoms with Crippen molar-refractivity contribution in [3.05, 3.63) is 47.9 Å². The fourth-order valence-corrected chi connectivity index (χ4v) is 4.07. The van der Waals surface area contributed by atoms with Crippen LogP contribution in [0.15, 0.2) is 36.5 Å². The molecule has 0 aliphatic carbocycles. The standard InChI is InChI=1S/C22H31N7/c1-5-22(3,4)29-21(24-25-26-29)20(28-14-12-27(6-2)13-15-28)18-9-10-19-17(16-18)8-7-11-23-19/h7-11,16,20H,5-6,12-15H2,1-4H3. The highest BCUT2D eigenvalue weighted by Gasteiger charge is 2.34. The van der Waals surface area contributed by atoms with Crippen LogP contribution in [0, 0.1) is 0 Å². The second kappa shape index (κ2) is 8.16. The van der Waals surface area contributed by atoms with Crippen molar-refractivity contribution in [3.63, 3.8) is 0 Å². The monoisotopic (exact) mass is 393 g/mol. The Kier molecular flexibility index (Phi) is 5.61. The van der Waals surface area contributed by atoms with E-state index in [1.54, 1.807) is 0 Å². The van der Waals surface area contributed by atoms with Gasteiger partial charge in [-0.1, -0.05) is 26.0 Å². The first-order valence-corrected chi connectivity index (χ1v) is 10.6. The molecule has 0 bridgehead atoms. The molecular formula is C22H31N7. The minimum atomic E-state index is -0.138. The van der Waals surface area contributed by atoms with Gasteiger partial charge in [0.1, 0.15) is 0 Å². The Labute approximate surface area is 172 Å². The topological polar surface area (TPSA) is 63.0 Å². The van der Waals surface area contributed by atoms with E-state index >= 15 is 0 Å². The quantitative estimate of drug-likeness (QED) is 0.641. The zero-order chi connectivity index (χ0) is 20.4. The molecule has 7 heteroatoms. The molecule has 1 aromatic carbocycles. The minimum absolute atomic E-state index is 0.0273. The average molecular weight is 394 g/mol. The number of pyridine rings is 1. The third kappa shape index (κ3) is 3.89. The molecule has 0 spiro atoms. The Balaban J connectivity index is 1.79. The van der Waals surface area contributed by atoms with Gasteiger partial charge in [-0.15, -0.1) is 5.10 Å². The van der Waals surface area contributed by atoms with Gasteiger partial charge in [-0.2, -0.15) is 0 Å². The second-order valence-corrected chi connectivity index (χ2v) is 8.44. The van der Waals surface area contributed by atoms with E-state index in [4.69, 9.17) is 0 Å². The molecule has 2 aromatic heterocycles. The number of nitrogens with zero attached hydrogens (tertiary/aromatic N) is 7. The molecule has 1 aliphatic heterocycles. The first-order valence-electron chi connectivity index (χ1n) is 10.6. The first-order chi connectivity index (χ1) is 14.0. The van der Waals surface area contributed by atoms with Gasteiger partial charge in [-0.05, 0) is 61.0 Å². The molecule has 7 nitrogen and oxygen atoms in total. The highest BCUT2D eigenvalue weighted by Crippen LogP contribution is 2.32. The summed E-state index contributed by atoms with van der Waals surface area (Å²) in [6.07, 6.45) is 2.80. The summed E-state index contributed by atoms with van der Waals surface area (Å²) in [7, 11) is 0. The number of fused-ring (bicyclic) bond motifs is 1. The lowest BCUT2D eigenvalue weighted by Crippen LogP contribution is -2.48. The molecule has 3 aromatic rings. The number of hydrogen-bond donors (Lipinski definition) is 0. The summed E-state index contributed by atoms with van der Waals surface area (Å²) in [6.45, 7) is 14.1. The van der Waals surface area contributed by atoms with Crippen LogP contribution in [-0.4, -0.2) is 67.7 Å². The lowest BCUT2D eigenvalue weighted by molar-refractivity contribution is 0.105. The Morgan fingerprint density at radius 3 is 2.59 bits per heavy atom. The molecule has 1 unspecified atom stereocenters. The van der Waals surface area contributed by atoms with Crippen molar-refractivity contribution in [1.82, 2.24) is 35.0 Å². The van der Waals surface area contributed by atoms with Gasteiger partial charge in [0.15, 0.2) is 5.82 Å². The van der Waals surface area contributed by atoms with E-state index in [1.807, 2.05) is 16.9 Å². The highest BCUT2D eigenvalue weighted by molar-refractivity contribution is 5.79. The predicted molar refractivity (Wildman–Crippen MR) is 115 cm³/mol. The summed E-state index contributed by atoms with van der Waals surface area (Å²) < 4.78 is 2.03. The number of benzene rings is 1. The van der Waals surface area contributed by atoms with Crippen LogP contribution in [0.4, 0.5) is 0 Å². The van der Waals surface area contributed by atoms with Crippen LogP contribution in [0.25, 0.3) is 10.9 Å². The Hall–Kier alpha value is -2.38. The van der Waals surface area contributed by atoms with Gasteiger partial charge in [0, 0.05) is 37.8 Å².